The molecular formula is C14H21N3O3. The molecular weight excluding hydrogens is 258 g/mol. The van der Waals surface area contributed by atoms with Gasteiger partial charge < -0.3 is 10.4 Å². The van der Waals surface area contributed by atoms with Crippen molar-refractivity contribution >= 4 is 17.7 Å². The molecule has 0 aromatic carbocycles. The monoisotopic (exact) mass is 279 g/mol. The summed E-state index contributed by atoms with van der Waals surface area (Å²) in [4.78, 5) is 23.4. The van der Waals surface area contributed by atoms with Gasteiger partial charge in [-0.3, -0.25) is 14.7 Å². The van der Waals surface area contributed by atoms with Gasteiger partial charge in [0.25, 0.3) is 0 Å². The summed E-state index contributed by atoms with van der Waals surface area (Å²) in [6, 6.07) is 1.79. The molecule has 0 spiro atoms. The van der Waals surface area contributed by atoms with Crippen molar-refractivity contribution < 1.29 is 14.7 Å². The van der Waals surface area contributed by atoms with Crippen LogP contribution < -0.4 is 5.32 Å². The van der Waals surface area contributed by atoms with E-state index in [0.29, 0.717) is 24.6 Å². The van der Waals surface area contributed by atoms with Gasteiger partial charge in [0.15, 0.2) is 5.82 Å². The zero-order chi connectivity index (χ0) is 14.9. The minimum atomic E-state index is -0.889. The summed E-state index contributed by atoms with van der Waals surface area (Å²) in [6.45, 7) is 6.03. The zero-order valence-corrected chi connectivity index (χ0v) is 12.0. The minimum absolute atomic E-state index is 0.247. The Balaban J connectivity index is 2.05. The Hall–Kier alpha value is -1.85. The maximum Gasteiger partial charge on any atom is 0.307 e. The molecule has 0 aliphatic heterocycles. The van der Waals surface area contributed by atoms with E-state index >= 15 is 0 Å². The molecule has 0 bridgehead atoms. The number of hydrogen-bond donors (Lipinski definition) is 3. The molecule has 6 heteroatoms. The van der Waals surface area contributed by atoms with Crippen LogP contribution in [0.25, 0.3) is 0 Å². The van der Waals surface area contributed by atoms with E-state index in [4.69, 9.17) is 0 Å². The highest BCUT2D eigenvalue weighted by Gasteiger charge is 2.41. The molecule has 1 unspecified atom stereocenters. The summed E-state index contributed by atoms with van der Waals surface area (Å²) >= 11 is 0. The summed E-state index contributed by atoms with van der Waals surface area (Å²) in [5.74, 6) is -1.18. The lowest BCUT2D eigenvalue weighted by atomic mass is 9.95. The van der Waals surface area contributed by atoms with Gasteiger partial charge in [0, 0.05) is 11.8 Å². The fraction of sp³-hybridized carbons (Fsp3) is 0.643. The van der Waals surface area contributed by atoms with Crippen molar-refractivity contribution in [2.24, 2.45) is 17.8 Å². The molecule has 1 aromatic rings. The molecule has 2 rings (SSSR count). The van der Waals surface area contributed by atoms with Gasteiger partial charge in [0.2, 0.25) is 5.91 Å². The summed E-state index contributed by atoms with van der Waals surface area (Å²) < 4.78 is 0. The lowest BCUT2D eigenvalue weighted by molar-refractivity contribution is -0.145. The second kappa shape index (κ2) is 5.64. The summed E-state index contributed by atoms with van der Waals surface area (Å²) in [7, 11) is 0. The molecule has 3 N–H and O–H groups in total. The zero-order valence-electron chi connectivity index (χ0n) is 12.0. The normalized spacial score (nSPS) is 25.9. The maximum atomic E-state index is 12.2. The van der Waals surface area contributed by atoms with Gasteiger partial charge in [-0.1, -0.05) is 20.8 Å². The van der Waals surface area contributed by atoms with Crippen molar-refractivity contribution in [3.8, 4) is 0 Å². The second-order valence-electron chi connectivity index (χ2n) is 5.98. The van der Waals surface area contributed by atoms with Crippen molar-refractivity contribution in [3.05, 3.63) is 11.8 Å². The first kappa shape index (κ1) is 14.6. The van der Waals surface area contributed by atoms with Crippen LogP contribution in [0.3, 0.4) is 0 Å². The van der Waals surface area contributed by atoms with E-state index in [-0.39, 0.29) is 11.8 Å². The smallest absolute Gasteiger partial charge is 0.307 e. The average molecular weight is 279 g/mol. The van der Waals surface area contributed by atoms with Gasteiger partial charge in [-0.05, 0) is 24.7 Å². The Kier molecular flexibility index (Phi) is 4.11. The number of aliphatic carboxylic acids is 1. The van der Waals surface area contributed by atoms with E-state index < -0.39 is 17.8 Å². The highest BCUT2D eigenvalue weighted by atomic mass is 16.4. The van der Waals surface area contributed by atoms with Crippen LogP contribution in [0.1, 0.15) is 45.2 Å². The largest absolute Gasteiger partial charge is 0.481 e. The molecule has 1 fully saturated rings. The Morgan fingerprint density at radius 1 is 1.40 bits per heavy atom. The highest BCUT2D eigenvalue weighted by Crippen LogP contribution is 2.37. The highest BCUT2D eigenvalue weighted by molar-refractivity contribution is 5.94. The van der Waals surface area contributed by atoms with Crippen LogP contribution >= 0.6 is 0 Å². The number of rotatable bonds is 4. The summed E-state index contributed by atoms with van der Waals surface area (Å²) in [5.41, 5.74) is 0.940. The number of aromatic nitrogens is 2. The van der Waals surface area contributed by atoms with E-state index in [1.54, 1.807) is 6.07 Å². The lowest BCUT2D eigenvalue weighted by Gasteiger charge is -2.14. The second-order valence-corrected chi connectivity index (χ2v) is 5.98. The third kappa shape index (κ3) is 3.00. The fourth-order valence-electron chi connectivity index (χ4n) is 2.77. The van der Waals surface area contributed by atoms with Crippen molar-refractivity contribution in [3.63, 3.8) is 0 Å². The number of amides is 1. The molecule has 20 heavy (non-hydrogen) atoms. The van der Waals surface area contributed by atoms with Crippen molar-refractivity contribution in [2.75, 3.05) is 5.32 Å². The minimum Gasteiger partial charge on any atom is -0.481 e. The van der Waals surface area contributed by atoms with Crippen LogP contribution in [0.5, 0.6) is 0 Å². The molecule has 1 aliphatic rings. The molecule has 1 saturated carbocycles. The first-order chi connectivity index (χ1) is 9.38. The van der Waals surface area contributed by atoms with Crippen LogP contribution in [0.15, 0.2) is 6.07 Å². The van der Waals surface area contributed by atoms with Gasteiger partial charge in [0.05, 0.1) is 11.8 Å². The van der Waals surface area contributed by atoms with E-state index in [0.717, 1.165) is 5.69 Å². The number of nitrogens with one attached hydrogen (secondary N) is 2. The molecule has 3 atom stereocenters. The molecule has 1 heterocycles. The molecule has 110 valence electrons. The van der Waals surface area contributed by atoms with Gasteiger partial charge >= 0.3 is 5.97 Å². The molecule has 0 radical (unpaired) electrons. The Morgan fingerprint density at radius 2 is 2.05 bits per heavy atom. The van der Waals surface area contributed by atoms with Gasteiger partial charge in [-0.15, -0.1) is 0 Å². The molecule has 1 amide bonds. The van der Waals surface area contributed by atoms with Crippen molar-refractivity contribution in [1.29, 1.82) is 0 Å². The van der Waals surface area contributed by atoms with E-state index in [9.17, 15) is 14.7 Å². The number of carbonyl (C=O) groups excluding carboxylic acids is 1. The Bertz CT molecular complexity index is 510. The van der Waals surface area contributed by atoms with E-state index in [2.05, 4.69) is 15.5 Å². The van der Waals surface area contributed by atoms with E-state index in [1.165, 1.54) is 0 Å². The number of carboxylic acids is 1. The average Bonchev–Trinajstić information content (AvgIpc) is 2.95. The van der Waals surface area contributed by atoms with Crippen LogP contribution in [-0.4, -0.2) is 27.2 Å². The standard InChI is InChI=1S/C14H21N3O3/c1-7(2)11-6-12(17-16-11)15-13(18)9-4-8(3)5-10(9)14(19)20/h6-10H,4-5H2,1-3H3,(H,19,20)(H2,15,16,17,18)/t8?,9-,10+/m0/s1. The third-order valence-electron chi connectivity index (χ3n) is 3.92. The SMILES string of the molecule is CC1C[C@H](C(=O)Nc2cc(C(C)C)[nH]n2)[C@H](C(=O)O)C1. The van der Waals surface area contributed by atoms with Gasteiger partial charge in [-0.2, -0.15) is 5.10 Å². The van der Waals surface area contributed by atoms with Gasteiger partial charge in [-0.25, -0.2) is 0 Å². The summed E-state index contributed by atoms with van der Waals surface area (Å²) in [5, 5.41) is 18.8. The predicted molar refractivity (Wildman–Crippen MR) is 74.3 cm³/mol. The van der Waals surface area contributed by atoms with Crippen molar-refractivity contribution in [2.45, 2.75) is 39.5 Å². The number of carboxylic acid groups (broad SMARTS) is 1. The van der Waals surface area contributed by atoms with Crippen LogP contribution in [0.2, 0.25) is 0 Å². The number of aromatic amines is 1. The molecule has 6 nitrogen and oxygen atoms in total. The number of carbonyl (C=O) groups is 2. The molecule has 1 aliphatic carbocycles. The lowest BCUT2D eigenvalue weighted by Crippen LogP contribution is -2.30. The number of H-pyrrole nitrogens is 1. The van der Waals surface area contributed by atoms with Crippen LogP contribution in [0.4, 0.5) is 5.82 Å². The van der Waals surface area contributed by atoms with Crippen LogP contribution in [-0.2, 0) is 9.59 Å². The fourth-order valence-corrected chi connectivity index (χ4v) is 2.77. The van der Waals surface area contributed by atoms with E-state index in [1.807, 2.05) is 20.8 Å². The van der Waals surface area contributed by atoms with Crippen LogP contribution in [0, 0.1) is 17.8 Å². The Labute approximate surface area is 118 Å². The number of hydrogen-bond acceptors (Lipinski definition) is 3. The summed E-state index contributed by atoms with van der Waals surface area (Å²) in [6.07, 6.45) is 1.18. The first-order valence-electron chi connectivity index (χ1n) is 6.97. The topological polar surface area (TPSA) is 95.1 Å². The number of nitrogens with zero attached hydrogens (tertiary/aromatic N) is 1. The first-order valence-corrected chi connectivity index (χ1v) is 6.97. The quantitative estimate of drug-likeness (QED) is 0.787. The maximum absolute atomic E-state index is 12.2. The predicted octanol–water partition coefficient (Wildman–Crippen LogP) is 2.22. The van der Waals surface area contributed by atoms with Gasteiger partial charge in [0.1, 0.15) is 0 Å². The third-order valence-corrected chi connectivity index (χ3v) is 3.92. The number of anilines is 1. The molecule has 1 aromatic heterocycles. The Morgan fingerprint density at radius 3 is 2.60 bits per heavy atom. The van der Waals surface area contributed by atoms with Crippen molar-refractivity contribution in [1.82, 2.24) is 10.2 Å². The molecule has 0 saturated heterocycles.